The number of carbonyl (C=O) groups excluding carboxylic acids is 1. The van der Waals surface area contributed by atoms with Gasteiger partial charge in [0, 0.05) is 17.6 Å². The summed E-state index contributed by atoms with van der Waals surface area (Å²) in [4.78, 5) is 14.4. The molecular formula is C22H16Cl3N3O. The monoisotopic (exact) mass is 443 g/mol. The van der Waals surface area contributed by atoms with Crippen molar-refractivity contribution in [2.75, 3.05) is 9.91 Å². The first-order valence-electron chi connectivity index (χ1n) is 8.89. The number of amidine groups is 1. The molecule has 1 heterocycles. The summed E-state index contributed by atoms with van der Waals surface area (Å²) < 4.78 is 0. The van der Waals surface area contributed by atoms with Gasteiger partial charge in [0.05, 0.1) is 15.7 Å². The van der Waals surface area contributed by atoms with Gasteiger partial charge in [0.15, 0.2) is 17.8 Å². The fourth-order valence-electron chi connectivity index (χ4n) is 3.27. The van der Waals surface area contributed by atoms with E-state index in [4.69, 9.17) is 34.8 Å². The van der Waals surface area contributed by atoms with Gasteiger partial charge >= 0.3 is 0 Å². The Morgan fingerprint density at radius 3 is 2.17 bits per heavy atom. The van der Waals surface area contributed by atoms with Crippen molar-refractivity contribution in [2.24, 2.45) is 5.10 Å². The Morgan fingerprint density at radius 1 is 0.862 bits per heavy atom. The minimum Gasteiger partial charge on any atom is -0.295 e. The zero-order valence-corrected chi connectivity index (χ0v) is 17.7. The standard InChI is InChI=1S/C22H16Cl3N3O/c1-14(29)21-26-28(17-5-3-2-4-6-17)22(15-7-9-16(23)10-8-15)27(21)18-11-12-19(24)20(25)13-18/h2-13,22H,1H3/t22-/m0/s1. The van der Waals surface area contributed by atoms with Crippen LogP contribution in [0.15, 0.2) is 77.9 Å². The third-order valence-electron chi connectivity index (χ3n) is 4.59. The molecule has 3 aromatic rings. The molecule has 1 aliphatic heterocycles. The number of ketones is 1. The molecule has 0 aliphatic carbocycles. The van der Waals surface area contributed by atoms with Gasteiger partial charge in [0.2, 0.25) is 0 Å². The highest BCUT2D eigenvalue weighted by molar-refractivity contribution is 6.45. The molecule has 0 amide bonds. The van der Waals surface area contributed by atoms with Gasteiger partial charge in [-0.15, -0.1) is 5.10 Å². The van der Waals surface area contributed by atoms with E-state index in [1.165, 1.54) is 6.92 Å². The van der Waals surface area contributed by atoms with Crippen molar-refractivity contribution in [3.8, 4) is 0 Å². The van der Waals surface area contributed by atoms with Gasteiger partial charge in [0.25, 0.3) is 0 Å². The largest absolute Gasteiger partial charge is 0.295 e. The molecule has 29 heavy (non-hydrogen) atoms. The van der Waals surface area contributed by atoms with Crippen molar-refractivity contribution in [1.29, 1.82) is 0 Å². The van der Waals surface area contributed by atoms with Crippen LogP contribution in [0, 0.1) is 0 Å². The van der Waals surface area contributed by atoms with E-state index in [0.717, 1.165) is 11.3 Å². The lowest BCUT2D eigenvalue weighted by atomic mass is 10.1. The van der Waals surface area contributed by atoms with Gasteiger partial charge in [-0.2, -0.15) is 0 Å². The van der Waals surface area contributed by atoms with E-state index in [1.807, 2.05) is 70.6 Å². The molecule has 0 bridgehead atoms. The average molecular weight is 445 g/mol. The first-order valence-corrected chi connectivity index (χ1v) is 10.0. The van der Waals surface area contributed by atoms with Gasteiger partial charge in [0.1, 0.15) is 0 Å². The van der Waals surface area contributed by atoms with E-state index in [-0.39, 0.29) is 5.78 Å². The van der Waals surface area contributed by atoms with Crippen LogP contribution >= 0.6 is 34.8 Å². The SMILES string of the molecule is CC(=O)C1=NN(c2ccccc2)[C@@H](c2ccc(Cl)cc2)N1c1ccc(Cl)c(Cl)c1. The molecule has 0 N–H and O–H groups in total. The summed E-state index contributed by atoms with van der Waals surface area (Å²) in [6.45, 7) is 1.50. The summed E-state index contributed by atoms with van der Waals surface area (Å²) in [5.41, 5.74) is 2.49. The van der Waals surface area contributed by atoms with Gasteiger partial charge in [-0.1, -0.05) is 65.1 Å². The molecule has 7 heteroatoms. The van der Waals surface area contributed by atoms with Crippen LogP contribution in [-0.2, 0) is 4.79 Å². The van der Waals surface area contributed by atoms with Crippen molar-refractivity contribution in [3.63, 3.8) is 0 Å². The van der Waals surface area contributed by atoms with Gasteiger partial charge in [-0.3, -0.25) is 9.69 Å². The number of anilines is 2. The average Bonchev–Trinajstić information content (AvgIpc) is 3.12. The topological polar surface area (TPSA) is 35.9 Å². The molecule has 0 radical (unpaired) electrons. The van der Waals surface area contributed by atoms with Crippen LogP contribution in [0.4, 0.5) is 11.4 Å². The molecule has 1 atom stereocenters. The Labute approximate surface area is 183 Å². The Morgan fingerprint density at radius 2 is 1.55 bits per heavy atom. The second kappa shape index (κ2) is 8.07. The molecule has 4 nitrogen and oxygen atoms in total. The van der Waals surface area contributed by atoms with Gasteiger partial charge < -0.3 is 0 Å². The molecule has 0 unspecified atom stereocenters. The lowest BCUT2D eigenvalue weighted by Gasteiger charge is -2.32. The molecule has 0 saturated heterocycles. The zero-order valence-electron chi connectivity index (χ0n) is 15.4. The molecule has 0 saturated carbocycles. The number of rotatable bonds is 4. The zero-order chi connectivity index (χ0) is 20.5. The van der Waals surface area contributed by atoms with E-state index in [9.17, 15) is 4.79 Å². The molecule has 0 fully saturated rings. The highest BCUT2D eigenvalue weighted by atomic mass is 35.5. The van der Waals surface area contributed by atoms with Crippen molar-refractivity contribution in [2.45, 2.75) is 13.1 Å². The molecule has 146 valence electrons. The van der Waals surface area contributed by atoms with E-state index >= 15 is 0 Å². The Bertz CT molecular complexity index is 1080. The smallest absolute Gasteiger partial charge is 0.198 e. The number of hydrogen-bond acceptors (Lipinski definition) is 4. The number of nitrogens with zero attached hydrogens (tertiary/aromatic N) is 3. The summed E-state index contributed by atoms with van der Waals surface area (Å²) in [7, 11) is 0. The number of hydrazone groups is 1. The van der Waals surface area contributed by atoms with E-state index in [0.29, 0.717) is 26.6 Å². The molecule has 4 rings (SSSR count). The second-order valence-corrected chi connectivity index (χ2v) is 7.80. The number of para-hydroxylation sites is 1. The Balaban J connectivity index is 1.91. The minimum absolute atomic E-state index is 0.159. The minimum atomic E-state index is -0.397. The Kier molecular flexibility index (Phi) is 5.50. The maximum Gasteiger partial charge on any atom is 0.198 e. The number of carbonyl (C=O) groups is 1. The van der Waals surface area contributed by atoms with Crippen LogP contribution < -0.4 is 9.91 Å². The van der Waals surface area contributed by atoms with Crippen LogP contribution in [-0.4, -0.2) is 11.6 Å². The number of hydrogen-bond donors (Lipinski definition) is 0. The molecule has 3 aromatic carbocycles. The van der Waals surface area contributed by atoms with Crippen LogP contribution in [0.5, 0.6) is 0 Å². The van der Waals surface area contributed by atoms with Crippen LogP contribution in [0.1, 0.15) is 18.7 Å². The Hall–Kier alpha value is -2.53. The summed E-state index contributed by atoms with van der Waals surface area (Å²) >= 11 is 18.5. The lowest BCUT2D eigenvalue weighted by Crippen LogP contribution is -2.37. The van der Waals surface area contributed by atoms with Crippen LogP contribution in [0.25, 0.3) is 0 Å². The normalized spacial score (nSPS) is 16.1. The fourth-order valence-corrected chi connectivity index (χ4v) is 3.69. The second-order valence-electron chi connectivity index (χ2n) is 6.55. The maximum atomic E-state index is 12.5. The highest BCUT2D eigenvalue weighted by Gasteiger charge is 2.39. The predicted octanol–water partition coefficient (Wildman–Crippen LogP) is 6.57. The number of benzene rings is 3. The maximum absolute atomic E-state index is 12.5. The highest BCUT2D eigenvalue weighted by Crippen LogP contribution is 2.40. The van der Waals surface area contributed by atoms with Crippen molar-refractivity contribution in [3.05, 3.63) is 93.4 Å². The van der Waals surface area contributed by atoms with Crippen molar-refractivity contribution in [1.82, 2.24) is 0 Å². The molecular weight excluding hydrogens is 429 g/mol. The van der Waals surface area contributed by atoms with Gasteiger partial charge in [-0.25, -0.2) is 5.01 Å². The molecule has 1 aliphatic rings. The molecule has 0 spiro atoms. The van der Waals surface area contributed by atoms with E-state index < -0.39 is 6.17 Å². The summed E-state index contributed by atoms with van der Waals surface area (Å²) in [5, 5.41) is 7.96. The number of Topliss-reactive ketones (excluding diaryl/α,β-unsaturated/α-hetero) is 1. The quantitative estimate of drug-likeness (QED) is 0.456. The predicted molar refractivity (Wildman–Crippen MR) is 120 cm³/mol. The van der Waals surface area contributed by atoms with E-state index in [2.05, 4.69) is 5.10 Å². The summed E-state index contributed by atoms with van der Waals surface area (Å²) in [5.74, 6) is 0.153. The third-order valence-corrected chi connectivity index (χ3v) is 5.58. The summed E-state index contributed by atoms with van der Waals surface area (Å²) in [6, 6.07) is 22.4. The molecule has 0 aromatic heterocycles. The van der Waals surface area contributed by atoms with Crippen molar-refractivity contribution < 1.29 is 4.79 Å². The number of halogens is 3. The third kappa shape index (κ3) is 3.84. The first kappa shape index (κ1) is 19.8. The van der Waals surface area contributed by atoms with Crippen LogP contribution in [0.3, 0.4) is 0 Å². The first-order chi connectivity index (χ1) is 14.0. The van der Waals surface area contributed by atoms with Gasteiger partial charge in [-0.05, 0) is 48.0 Å². The van der Waals surface area contributed by atoms with Crippen molar-refractivity contribution >= 4 is 57.8 Å². The van der Waals surface area contributed by atoms with Crippen LogP contribution in [0.2, 0.25) is 15.1 Å². The lowest BCUT2D eigenvalue weighted by molar-refractivity contribution is -0.111. The summed E-state index contributed by atoms with van der Waals surface area (Å²) in [6.07, 6.45) is -0.397. The fraction of sp³-hybridized carbons (Fsp3) is 0.0909. The van der Waals surface area contributed by atoms with E-state index in [1.54, 1.807) is 12.1 Å².